The number of carbonyl (C=O) groups is 2. The Hall–Kier alpha value is -1.84. The van der Waals surface area contributed by atoms with Gasteiger partial charge in [-0.25, -0.2) is 9.59 Å². The Morgan fingerprint density at radius 2 is 1.89 bits per heavy atom. The summed E-state index contributed by atoms with van der Waals surface area (Å²) in [6, 6.07) is 0. The van der Waals surface area contributed by atoms with Crippen LogP contribution in [0.3, 0.4) is 0 Å². The molecule has 1 aliphatic carbocycles. The van der Waals surface area contributed by atoms with Crippen molar-refractivity contribution in [2.24, 2.45) is 5.92 Å². The lowest BCUT2D eigenvalue weighted by Gasteiger charge is -2.15. The summed E-state index contributed by atoms with van der Waals surface area (Å²) in [5.74, 6) is -0.265. The summed E-state index contributed by atoms with van der Waals surface area (Å²) < 4.78 is 9.36. The van der Waals surface area contributed by atoms with Crippen LogP contribution >= 0.6 is 0 Å². The highest BCUT2D eigenvalue weighted by molar-refractivity contribution is 5.81. The van der Waals surface area contributed by atoms with Crippen molar-refractivity contribution < 1.29 is 19.1 Å². The first-order chi connectivity index (χ1) is 9.13. The molecule has 0 saturated carbocycles. The van der Waals surface area contributed by atoms with Crippen LogP contribution in [0.1, 0.15) is 26.2 Å². The Kier molecular flexibility index (Phi) is 10.2. The van der Waals surface area contributed by atoms with E-state index < -0.39 is 0 Å². The fourth-order valence-corrected chi connectivity index (χ4v) is 1.47. The molecule has 4 heteroatoms. The highest BCUT2D eigenvalue weighted by Crippen LogP contribution is 2.16. The van der Waals surface area contributed by atoms with Crippen molar-refractivity contribution in [3.05, 3.63) is 37.5 Å². The Labute approximate surface area is 114 Å². The van der Waals surface area contributed by atoms with Crippen LogP contribution in [0.4, 0.5) is 0 Å². The summed E-state index contributed by atoms with van der Waals surface area (Å²) >= 11 is 0. The number of carbonyl (C=O) groups excluding carboxylic acids is 2. The van der Waals surface area contributed by atoms with Crippen molar-refractivity contribution in [3.63, 3.8) is 0 Å². The molecule has 106 valence electrons. The molecule has 0 radical (unpaired) electrons. The second-order valence-electron chi connectivity index (χ2n) is 3.91. The molecule has 0 fully saturated rings. The first kappa shape index (κ1) is 17.2. The minimum Gasteiger partial charge on any atom is -0.463 e. The lowest BCUT2D eigenvalue weighted by Crippen LogP contribution is -2.12. The quantitative estimate of drug-likeness (QED) is 0.436. The normalized spacial score (nSPS) is 16.6. The Morgan fingerprint density at radius 1 is 1.26 bits per heavy atom. The topological polar surface area (TPSA) is 52.6 Å². The van der Waals surface area contributed by atoms with Crippen LogP contribution in [0.5, 0.6) is 0 Å². The fraction of sp³-hybridized carbons (Fsp3) is 0.467. The van der Waals surface area contributed by atoms with Gasteiger partial charge >= 0.3 is 11.9 Å². The molecule has 0 N–H and O–H groups in total. The molecule has 0 aromatic carbocycles. The lowest BCUT2D eigenvalue weighted by molar-refractivity contribution is -0.139. The van der Waals surface area contributed by atoms with E-state index in [1.807, 2.05) is 0 Å². The Morgan fingerprint density at radius 3 is 2.32 bits per heavy atom. The van der Waals surface area contributed by atoms with Crippen LogP contribution in [-0.2, 0) is 19.1 Å². The van der Waals surface area contributed by atoms with Gasteiger partial charge in [-0.2, -0.15) is 0 Å². The van der Waals surface area contributed by atoms with Gasteiger partial charge in [-0.15, -0.1) is 0 Å². The van der Waals surface area contributed by atoms with Crippen molar-refractivity contribution in [3.8, 4) is 0 Å². The highest BCUT2D eigenvalue weighted by Gasteiger charge is 2.09. The number of rotatable bonds is 5. The zero-order valence-corrected chi connectivity index (χ0v) is 11.5. The maximum absolute atomic E-state index is 10.7. The maximum Gasteiger partial charge on any atom is 0.330 e. The van der Waals surface area contributed by atoms with Gasteiger partial charge in [-0.3, -0.25) is 0 Å². The van der Waals surface area contributed by atoms with Crippen molar-refractivity contribution >= 4 is 11.9 Å². The van der Waals surface area contributed by atoms with Gasteiger partial charge in [0.15, 0.2) is 0 Å². The Balaban J connectivity index is 0.000000399. The molecule has 1 unspecified atom stereocenters. The summed E-state index contributed by atoms with van der Waals surface area (Å²) in [5, 5.41) is 0. The summed E-state index contributed by atoms with van der Waals surface area (Å²) in [7, 11) is 0. The first-order valence-electron chi connectivity index (χ1n) is 6.39. The van der Waals surface area contributed by atoms with E-state index in [9.17, 15) is 9.59 Å². The second kappa shape index (κ2) is 11.3. The third kappa shape index (κ3) is 9.83. The highest BCUT2D eigenvalue weighted by atomic mass is 16.5. The molecule has 1 atom stereocenters. The molecule has 4 nitrogen and oxygen atoms in total. The van der Waals surface area contributed by atoms with Crippen LogP contribution < -0.4 is 0 Å². The summed E-state index contributed by atoms with van der Waals surface area (Å²) in [6.45, 7) is 9.21. The van der Waals surface area contributed by atoms with E-state index in [2.05, 4.69) is 30.0 Å². The molecule has 0 heterocycles. The SMILES string of the molecule is C=CC(=O)OCC.C=CC(=O)OCC1C=CCCC1. The van der Waals surface area contributed by atoms with Crippen LogP contribution in [0, 0.1) is 5.92 Å². The van der Waals surface area contributed by atoms with Gasteiger partial charge in [0.05, 0.1) is 13.2 Å². The van der Waals surface area contributed by atoms with E-state index in [1.165, 1.54) is 12.5 Å². The molecule has 1 aliphatic rings. The first-order valence-corrected chi connectivity index (χ1v) is 6.39. The molecule has 0 saturated heterocycles. The van der Waals surface area contributed by atoms with E-state index in [-0.39, 0.29) is 11.9 Å². The van der Waals surface area contributed by atoms with E-state index in [1.54, 1.807) is 6.92 Å². The van der Waals surface area contributed by atoms with Gasteiger partial charge in [0.25, 0.3) is 0 Å². The molecule has 19 heavy (non-hydrogen) atoms. The average Bonchev–Trinajstić information content (AvgIpc) is 2.46. The van der Waals surface area contributed by atoms with Gasteiger partial charge in [0.2, 0.25) is 0 Å². The third-order valence-corrected chi connectivity index (χ3v) is 2.41. The van der Waals surface area contributed by atoms with Crippen molar-refractivity contribution in [1.29, 1.82) is 0 Å². The summed E-state index contributed by atoms with van der Waals surface area (Å²) in [4.78, 5) is 20.8. The molecule has 1 rings (SSSR count). The smallest absolute Gasteiger partial charge is 0.330 e. The molecule has 0 aromatic heterocycles. The predicted molar refractivity (Wildman–Crippen MR) is 74.5 cm³/mol. The van der Waals surface area contributed by atoms with Crippen molar-refractivity contribution in [2.45, 2.75) is 26.2 Å². The molecular formula is C15H22O4. The minimum atomic E-state index is -0.359. The number of esters is 2. The fourth-order valence-electron chi connectivity index (χ4n) is 1.47. The number of hydrogen-bond acceptors (Lipinski definition) is 4. The van der Waals surface area contributed by atoms with E-state index in [0.29, 0.717) is 19.1 Å². The van der Waals surface area contributed by atoms with Gasteiger partial charge < -0.3 is 9.47 Å². The zero-order chi connectivity index (χ0) is 14.5. The van der Waals surface area contributed by atoms with Gasteiger partial charge in [0.1, 0.15) is 0 Å². The molecule has 0 amide bonds. The molecule has 0 spiro atoms. The van der Waals surface area contributed by atoms with Gasteiger partial charge in [-0.1, -0.05) is 25.3 Å². The number of hydrogen-bond donors (Lipinski definition) is 0. The largest absolute Gasteiger partial charge is 0.463 e. The van der Waals surface area contributed by atoms with Crippen LogP contribution in [0.2, 0.25) is 0 Å². The standard InChI is InChI=1S/C10H14O2.C5H8O2/c1-2-10(11)12-8-9-6-4-3-5-7-9;1-3-5(6)7-4-2/h2,4,6,9H,1,3,5,7-8H2;3H,1,4H2,2H3. The van der Waals surface area contributed by atoms with E-state index in [0.717, 1.165) is 18.9 Å². The molecule has 0 aromatic rings. The summed E-state index contributed by atoms with van der Waals surface area (Å²) in [5.41, 5.74) is 0. The average molecular weight is 266 g/mol. The maximum atomic E-state index is 10.7. The van der Waals surface area contributed by atoms with E-state index in [4.69, 9.17) is 4.74 Å². The lowest BCUT2D eigenvalue weighted by atomic mass is 9.97. The van der Waals surface area contributed by atoms with Gasteiger partial charge in [-0.05, 0) is 26.2 Å². The second-order valence-corrected chi connectivity index (χ2v) is 3.91. The van der Waals surface area contributed by atoms with Crippen LogP contribution in [-0.4, -0.2) is 25.2 Å². The summed E-state index contributed by atoms with van der Waals surface area (Å²) in [6.07, 6.45) is 10.1. The predicted octanol–water partition coefficient (Wildman–Crippen LogP) is 2.81. The molecule has 0 bridgehead atoms. The van der Waals surface area contributed by atoms with Crippen molar-refractivity contribution in [2.75, 3.05) is 13.2 Å². The third-order valence-electron chi connectivity index (χ3n) is 2.41. The van der Waals surface area contributed by atoms with Crippen LogP contribution in [0.25, 0.3) is 0 Å². The molecular weight excluding hydrogens is 244 g/mol. The van der Waals surface area contributed by atoms with Crippen molar-refractivity contribution in [1.82, 2.24) is 0 Å². The van der Waals surface area contributed by atoms with E-state index >= 15 is 0 Å². The molecule has 0 aliphatic heterocycles. The van der Waals surface area contributed by atoms with Gasteiger partial charge in [0, 0.05) is 18.1 Å². The minimum absolute atomic E-state index is 0.325. The number of allylic oxidation sites excluding steroid dienone is 1. The monoisotopic (exact) mass is 266 g/mol. The van der Waals surface area contributed by atoms with Crippen LogP contribution in [0.15, 0.2) is 37.5 Å². The zero-order valence-electron chi connectivity index (χ0n) is 11.5. The number of ether oxygens (including phenoxy) is 2. The Bertz CT molecular complexity index is 331.